The van der Waals surface area contributed by atoms with Crippen LogP contribution in [0.2, 0.25) is 0 Å². The predicted octanol–water partition coefficient (Wildman–Crippen LogP) is 3.74. The van der Waals surface area contributed by atoms with E-state index in [4.69, 9.17) is 4.74 Å². The third-order valence-corrected chi connectivity index (χ3v) is 4.52. The molecule has 1 aliphatic rings. The van der Waals surface area contributed by atoms with E-state index in [-0.39, 0.29) is 5.78 Å². The number of ketones is 1. The van der Waals surface area contributed by atoms with E-state index in [9.17, 15) is 4.79 Å². The maximum atomic E-state index is 12.8. The van der Waals surface area contributed by atoms with E-state index in [1.807, 2.05) is 19.2 Å². The fourth-order valence-electron chi connectivity index (χ4n) is 3.34. The van der Waals surface area contributed by atoms with Crippen molar-refractivity contribution in [2.75, 3.05) is 6.61 Å². The molecule has 1 aliphatic carbocycles. The van der Waals surface area contributed by atoms with Crippen LogP contribution in [0.3, 0.4) is 0 Å². The van der Waals surface area contributed by atoms with Crippen molar-refractivity contribution in [3.63, 3.8) is 0 Å². The number of aromatic nitrogens is 1. The van der Waals surface area contributed by atoms with Crippen molar-refractivity contribution in [2.24, 2.45) is 5.92 Å². The van der Waals surface area contributed by atoms with Crippen LogP contribution in [0.4, 0.5) is 0 Å². The second-order valence-electron chi connectivity index (χ2n) is 6.24. The Bertz CT molecular complexity index is 465. The first-order valence-electron chi connectivity index (χ1n) is 8.20. The van der Waals surface area contributed by atoms with Gasteiger partial charge in [-0.3, -0.25) is 9.78 Å². The molecule has 0 aliphatic heterocycles. The Labute approximate surface area is 128 Å². The van der Waals surface area contributed by atoms with Crippen LogP contribution in [0.15, 0.2) is 18.3 Å². The quantitative estimate of drug-likeness (QED) is 0.801. The lowest BCUT2D eigenvalue weighted by Crippen LogP contribution is -2.46. The molecule has 2 rings (SSSR count). The Kier molecular flexibility index (Phi) is 5.51. The number of hydrogen-bond acceptors (Lipinski definition) is 3. The topological polar surface area (TPSA) is 39.2 Å². The highest BCUT2D eigenvalue weighted by Gasteiger charge is 2.42. The minimum absolute atomic E-state index is 0.202. The summed E-state index contributed by atoms with van der Waals surface area (Å²) >= 11 is 0. The minimum Gasteiger partial charge on any atom is -0.367 e. The van der Waals surface area contributed by atoms with Gasteiger partial charge in [0.05, 0.1) is 6.42 Å². The van der Waals surface area contributed by atoms with Crippen molar-refractivity contribution in [2.45, 2.75) is 64.9 Å². The second-order valence-corrected chi connectivity index (χ2v) is 6.24. The standard InChI is InChI=1S/C18H27NO2/c1-4-15-8-9-16(19-13-15)11-17(20)18(21-5-2)10-6-7-14(3)12-18/h8-9,13-14H,4-7,10-12H2,1-3H3. The molecule has 116 valence electrons. The van der Waals surface area contributed by atoms with Crippen LogP contribution in [-0.4, -0.2) is 23.0 Å². The average Bonchev–Trinajstić information content (AvgIpc) is 2.48. The van der Waals surface area contributed by atoms with Crippen LogP contribution in [0.5, 0.6) is 0 Å². The summed E-state index contributed by atoms with van der Waals surface area (Å²) in [4.78, 5) is 17.2. The van der Waals surface area contributed by atoms with Crippen molar-refractivity contribution < 1.29 is 9.53 Å². The smallest absolute Gasteiger partial charge is 0.170 e. The third kappa shape index (κ3) is 3.91. The van der Waals surface area contributed by atoms with E-state index >= 15 is 0 Å². The molecule has 2 unspecified atom stereocenters. The molecule has 3 nitrogen and oxygen atoms in total. The molecule has 3 heteroatoms. The van der Waals surface area contributed by atoms with Crippen LogP contribution in [0.1, 0.15) is 57.7 Å². The summed E-state index contributed by atoms with van der Waals surface area (Å²) in [6, 6.07) is 4.04. The molecule has 1 heterocycles. The van der Waals surface area contributed by atoms with E-state index < -0.39 is 5.60 Å². The minimum atomic E-state index is -0.572. The Balaban J connectivity index is 2.10. The van der Waals surface area contributed by atoms with Gasteiger partial charge in [0.15, 0.2) is 5.78 Å². The molecule has 1 fully saturated rings. The summed E-state index contributed by atoms with van der Waals surface area (Å²) in [5.41, 5.74) is 1.49. The van der Waals surface area contributed by atoms with Gasteiger partial charge in [-0.2, -0.15) is 0 Å². The van der Waals surface area contributed by atoms with Crippen LogP contribution in [-0.2, 0) is 22.4 Å². The molecule has 0 aromatic carbocycles. The van der Waals surface area contributed by atoms with E-state index in [1.165, 1.54) is 12.0 Å². The van der Waals surface area contributed by atoms with Crippen LogP contribution >= 0.6 is 0 Å². The number of rotatable bonds is 6. The van der Waals surface area contributed by atoms with Gasteiger partial charge in [0.1, 0.15) is 5.60 Å². The van der Waals surface area contributed by atoms with Crippen molar-refractivity contribution >= 4 is 5.78 Å². The normalized spacial score (nSPS) is 25.8. The summed E-state index contributed by atoms with van der Waals surface area (Å²) in [6.07, 6.45) is 7.22. The Morgan fingerprint density at radius 2 is 2.24 bits per heavy atom. The lowest BCUT2D eigenvalue weighted by molar-refractivity contribution is -0.150. The summed E-state index contributed by atoms with van der Waals surface area (Å²) in [5, 5.41) is 0. The Morgan fingerprint density at radius 3 is 2.81 bits per heavy atom. The second kappa shape index (κ2) is 7.17. The highest BCUT2D eigenvalue weighted by atomic mass is 16.5. The SMILES string of the molecule is CCOC1(C(=O)Cc2ccc(CC)cn2)CCCC(C)C1. The lowest BCUT2D eigenvalue weighted by atomic mass is 9.75. The van der Waals surface area contributed by atoms with Crippen molar-refractivity contribution in [3.05, 3.63) is 29.6 Å². The summed E-state index contributed by atoms with van der Waals surface area (Å²) < 4.78 is 5.94. The maximum absolute atomic E-state index is 12.8. The van der Waals surface area contributed by atoms with Gasteiger partial charge in [-0.05, 0) is 50.2 Å². The molecule has 21 heavy (non-hydrogen) atoms. The van der Waals surface area contributed by atoms with Gasteiger partial charge < -0.3 is 4.74 Å². The summed E-state index contributed by atoms with van der Waals surface area (Å²) in [6.45, 7) is 6.90. The molecule has 0 N–H and O–H groups in total. The molecule has 1 aromatic heterocycles. The molecule has 0 amide bonds. The highest BCUT2D eigenvalue weighted by Crippen LogP contribution is 2.36. The zero-order valence-corrected chi connectivity index (χ0v) is 13.5. The molecular weight excluding hydrogens is 262 g/mol. The van der Waals surface area contributed by atoms with Gasteiger partial charge >= 0.3 is 0 Å². The third-order valence-electron chi connectivity index (χ3n) is 4.52. The van der Waals surface area contributed by atoms with E-state index in [1.54, 1.807) is 0 Å². The van der Waals surface area contributed by atoms with Crippen molar-refractivity contribution in [1.29, 1.82) is 0 Å². The fraction of sp³-hybridized carbons (Fsp3) is 0.667. The Morgan fingerprint density at radius 1 is 1.43 bits per heavy atom. The number of pyridine rings is 1. The molecule has 0 saturated heterocycles. The number of nitrogens with zero attached hydrogens (tertiary/aromatic N) is 1. The average molecular weight is 289 g/mol. The van der Waals surface area contributed by atoms with Crippen molar-refractivity contribution in [1.82, 2.24) is 4.98 Å². The first-order valence-corrected chi connectivity index (χ1v) is 8.20. The molecular formula is C18H27NO2. The first-order chi connectivity index (χ1) is 10.1. The number of Topliss-reactive ketones (excluding diaryl/α,β-unsaturated/α-hetero) is 1. The number of aryl methyl sites for hydroxylation is 1. The lowest BCUT2D eigenvalue weighted by Gasteiger charge is -2.38. The Hall–Kier alpha value is -1.22. The zero-order chi connectivity index (χ0) is 15.3. The number of ether oxygens (including phenoxy) is 1. The number of carbonyl (C=O) groups excluding carboxylic acids is 1. The van der Waals surface area contributed by atoms with Gasteiger partial charge in [0, 0.05) is 18.5 Å². The van der Waals surface area contributed by atoms with Gasteiger partial charge in [0.25, 0.3) is 0 Å². The largest absolute Gasteiger partial charge is 0.367 e. The van der Waals surface area contributed by atoms with Gasteiger partial charge in [-0.1, -0.05) is 26.3 Å². The van der Waals surface area contributed by atoms with Gasteiger partial charge in [-0.25, -0.2) is 0 Å². The number of hydrogen-bond donors (Lipinski definition) is 0. The summed E-state index contributed by atoms with van der Waals surface area (Å²) in [7, 11) is 0. The first kappa shape index (κ1) is 16.2. The predicted molar refractivity (Wildman–Crippen MR) is 84.3 cm³/mol. The highest BCUT2D eigenvalue weighted by molar-refractivity contribution is 5.89. The molecule has 1 saturated carbocycles. The monoisotopic (exact) mass is 289 g/mol. The molecule has 1 aromatic rings. The van der Waals surface area contributed by atoms with Crippen LogP contribution < -0.4 is 0 Å². The molecule has 0 radical (unpaired) electrons. The van der Waals surface area contributed by atoms with Gasteiger partial charge in [0.2, 0.25) is 0 Å². The van der Waals surface area contributed by atoms with E-state index in [0.29, 0.717) is 18.9 Å². The number of carbonyl (C=O) groups is 1. The maximum Gasteiger partial charge on any atom is 0.170 e. The van der Waals surface area contributed by atoms with E-state index in [2.05, 4.69) is 24.9 Å². The van der Waals surface area contributed by atoms with Crippen LogP contribution in [0.25, 0.3) is 0 Å². The molecule has 0 bridgehead atoms. The summed E-state index contributed by atoms with van der Waals surface area (Å²) in [5.74, 6) is 0.761. The fourth-order valence-corrected chi connectivity index (χ4v) is 3.34. The van der Waals surface area contributed by atoms with Gasteiger partial charge in [-0.15, -0.1) is 0 Å². The van der Waals surface area contributed by atoms with E-state index in [0.717, 1.165) is 31.4 Å². The van der Waals surface area contributed by atoms with Crippen molar-refractivity contribution in [3.8, 4) is 0 Å². The van der Waals surface area contributed by atoms with Crippen LogP contribution in [0, 0.1) is 5.92 Å². The molecule has 0 spiro atoms. The zero-order valence-electron chi connectivity index (χ0n) is 13.5. The molecule has 2 atom stereocenters.